The number of hydrogen-bond donors (Lipinski definition) is 1. The standard InChI is InChI=1S/C18H16ClNOS/c1-22-15-8-4-13(5-9-15)17(16-10-11-20-18(16)21)12-2-6-14(19)7-3-12/h2-9H,10-11H2,1H3,(H,20,21)/b17-16-. The van der Waals surface area contributed by atoms with Crippen LogP contribution in [0.1, 0.15) is 17.5 Å². The van der Waals surface area contributed by atoms with Crippen LogP contribution in [0.5, 0.6) is 0 Å². The number of benzene rings is 2. The third kappa shape index (κ3) is 3.06. The lowest BCUT2D eigenvalue weighted by molar-refractivity contribution is -0.116. The molecule has 0 atom stereocenters. The van der Waals surface area contributed by atoms with Crippen LogP contribution in [0.25, 0.3) is 5.57 Å². The molecule has 0 saturated carbocycles. The molecule has 2 nitrogen and oxygen atoms in total. The molecule has 1 N–H and O–H groups in total. The summed E-state index contributed by atoms with van der Waals surface area (Å²) in [5.74, 6) is 0.0268. The maximum Gasteiger partial charge on any atom is 0.247 e. The van der Waals surface area contributed by atoms with Crippen molar-refractivity contribution in [3.63, 3.8) is 0 Å². The molecule has 4 heteroatoms. The Labute approximate surface area is 139 Å². The average molecular weight is 330 g/mol. The molecule has 1 saturated heterocycles. The fourth-order valence-electron chi connectivity index (χ4n) is 2.65. The Bertz CT molecular complexity index is 720. The summed E-state index contributed by atoms with van der Waals surface area (Å²) in [6, 6.07) is 16.0. The number of thioether (sulfide) groups is 1. The van der Waals surface area contributed by atoms with Gasteiger partial charge in [-0.3, -0.25) is 4.79 Å². The molecule has 1 amide bonds. The van der Waals surface area contributed by atoms with Gasteiger partial charge in [-0.2, -0.15) is 0 Å². The molecule has 0 radical (unpaired) electrons. The van der Waals surface area contributed by atoms with Gasteiger partial charge in [0.05, 0.1) is 0 Å². The molecule has 1 aliphatic heterocycles. The largest absolute Gasteiger partial charge is 0.352 e. The van der Waals surface area contributed by atoms with Crippen LogP contribution in [0, 0.1) is 0 Å². The molecule has 1 aliphatic rings. The molecule has 0 spiro atoms. The second kappa shape index (κ2) is 6.59. The minimum absolute atomic E-state index is 0.0268. The number of carbonyl (C=O) groups excluding carboxylic acids is 1. The number of rotatable bonds is 3. The van der Waals surface area contributed by atoms with Gasteiger partial charge in [0.2, 0.25) is 5.91 Å². The summed E-state index contributed by atoms with van der Waals surface area (Å²) in [6.45, 7) is 0.703. The molecule has 0 bridgehead atoms. The minimum atomic E-state index is 0.0268. The zero-order valence-electron chi connectivity index (χ0n) is 12.2. The zero-order chi connectivity index (χ0) is 15.5. The van der Waals surface area contributed by atoms with Crippen LogP contribution < -0.4 is 5.32 Å². The van der Waals surface area contributed by atoms with E-state index in [1.165, 1.54) is 4.90 Å². The molecular formula is C18H16ClNOS. The van der Waals surface area contributed by atoms with Gasteiger partial charge in [-0.25, -0.2) is 0 Å². The lowest BCUT2D eigenvalue weighted by atomic mass is 9.92. The van der Waals surface area contributed by atoms with E-state index in [2.05, 4.69) is 35.8 Å². The number of halogens is 1. The van der Waals surface area contributed by atoms with Crippen LogP contribution in [0.4, 0.5) is 0 Å². The first kappa shape index (κ1) is 15.2. The third-order valence-electron chi connectivity index (χ3n) is 3.75. The van der Waals surface area contributed by atoms with Crippen LogP contribution in [-0.2, 0) is 4.79 Å². The molecular weight excluding hydrogens is 314 g/mol. The fraction of sp³-hybridized carbons (Fsp3) is 0.167. The minimum Gasteiger partial charge on any atom is -0.352 e. The number of hydrogen-bond acceptors (Lipinski definition) is 2. The number of carbonyl (C=O) groups is 1. The van der Waals surface area contributed by atoms with Crippen LogP contribution >= 0.6 is 23.4 Å². The maximum atomic E-state index is 12.2. The normalized spacial score (nSPS) is 16.5. The summed E-state index contributed by atoms with van der Waals surface area (Å²) in [5, 5.41) is 3.59. The van der Waals surface area contributed by atoms with E-state index in [0.29, 0.717) is 11.6 Å². The topological polar surface area (TPSA) is 29.1 Å². The fourth-order valence-corrected chi connectivity index (χ4v) is 3.18. The second-order valence-corrected chi connectivity index (χ2v) is 6.41. The van der Waals surface area contributed by atoms with Crippen molar-refractivity contribution in [3.05, 3.63) is 70.3 Å². The van der Waals surface area contributed by atoms with E-state index in [1.54, 1.807) is 11.8 Å². The van der Waals surface area contributed by atoms with E-state index in [-0.39, 0.29) is 5.91 Å². The molecule has 3 rings (SSSR count). The molecule has 2 aromatic rings. The van der Waals surface area contributed by atoms with E-state index in [1.807, 2.05) is 24.3 Å². The van der Waals surface area contributed by atoms with Crippen LogP contribution in [-0.4, -0.2) is 18.7 Å². The second-order valence-electron chi connectivity index (χ2n) is 5.09. The molecule has 0 aromatic heterocycles. The van der Waals surface area contributed by atoms with Crippen molar-refractivity contribution >= 4 is 34.8 Å². The van der Waals surface area contributed by atoms with Crippen LogP contribution in [0.15, 0.2) is 59.0 Å². The summed E-state index contributed by atoms with van der Waals surface area (Å²) < 4.78 is 0. The highest BCUT2D eigenvalue weighted by Gasteiger charge is 2.22. The highest BCUT2D eigenvalue weighted by atomic mass is 35.5. The number of amides is 1. The van der Waals surface area contributed by atoms with Gasteiger partial charge in [0.1, 0.15) is 0 Å². The van der Waals surface area contributed by atoms with Crippen molar-refractivity contribution < 1.29 is 4.79 Å². The van der Waals surface area contributed by atoms with Crippen molar-refractivity contribution in [1.29, 1.82) is 0 Å². The lowest BCUT2D eigenvalue weighted by Crippen LogP contribution is -2.15. The smallest absolute Gasteiger partial charge is 0.247 e. The van der Waals surface area contributed by atoms with E-state index in [9.17, 15) is 4.79 Å². The first-order valence-electron chi connectivity index (χ1n) is 7.11. The Morgan fingerprint density at radius 2 is 1.64 bits per heavy atom. The Morgan fingerprint density at radius 3 is 2.14 bits per heavy atom. The summed E-state index contributed by atoms with van der Waals surface area (Å²) >= 11 is 7.70. The van der Waals surface area contributed by atoms with Gasteiger partial charge in [0.25, 0.3) is 0 Å². The summed E-state index contributed by atoms with van der Waals surface area (Å²) in [5.41, 5.74) is 3.93. The zero-order valence-corrected chi connectivity index (χ0v) is 13.8. The van der Waals surface area contributed by atoms with E-state index >= 15 is 0 Å². The molecule has 112 valence electrons. The van der Waals surface area contributed by atoms with E-state index in [0.717, 1.165) is 28.7 Å². The molecule has 2 aromatic carbocycles. The maximum absolute atomic E-state index is 12.2. The highest BCUT2D eigenvalue weighted by molar-refractivity contribution is 7.98. The summed E-state index contributed by atoms with van der Waals surface area (Å²) in [6.07, 6.45) is 2.80. The van der Waals surface area contributed by atoms with Gasteiger partial charge >= 0.3 is 0 Å². The van der Waals surface area contributed by atoms with Crippen molar-refractivity contribution in [2.45, 2.75) is 11.3 Å². The lowest BCUT2D eigenvalue weighted by Gasteiger charge is -2.12. The van der Waals surface area contributed by atoms with Crippen molar-refractivity contribution in [3.8, 4) is 0 Å². The SMILES string of the molecule is CSc1ccc(/C(=C2/CCNC2=O)c2ccc(Cl)cc2)cc1. The van der Waals surface area contributed by atoms with Crippen molar-refractivity contribution in [2.24, 2.45) is 0 Å². The highest BCUT2D eigenvalue weighted by Crippen LogP contribution is 2.32. The average Bonchev–Trinajstić information content (AvgIpc) is 2.96. The van der Waals surface area contributed by atoms with Gasteiger partial charge in [0.15, 0.2) is 0 Å². The Morgan fingerprint density at radius 1 is 1.05 bits per heavy atom. The summed E-state index contributed by atoms with van der Waals surface area (Å²) in [4.78, 5) is 13.4. The van der Waals surface area contributed by atoms with Gasteiger partial charge in [-0.1, -0.05) is 35.9 Å². The Kier molecular flexibility index (Phi) is 4.55. The van der Waals surface area contributed by atoms with Crippen LogP contribution in [0.2, 0.25) is 5.02 Å². The Hall–Kier alpha value is -1.71. The molecule has 0 aliphatic carbocycles. The predicted octanol–water partition coefficient (Wildman–Crippen LogP) is 4.38. The first-order chi connectivity index (χ1) is 10.7. The molecule has 1 fully saturated rings. The number of nitrogens with one attached hydrogen (secondary N) is 1. The Balaban J connectivity index is 2.14. The van der Waals surface area contributed by atoms with Gasteiger partial charge in [0, 0.05) is 22.0 Å². The first-order valence-corrected chi connectivity index (χ1v) is 8.71. The van der Waals surface area contributed by atoms with E-state index < -0.39 is 0 Å². The quantitative estimate of drug-likeness (QED) is 0.668. The monoisotopic (exact) mass is 329 g/mol. The van der Waals surface area contributed by atoms with Gasteiger partial charge in [-0.15, -0.1) is 11.8 Å². The van der Waals surface area contributed by atoms with Crippen LogP contribution in [0.3, 0.4) is 0 Å². The van der Waals surface area contributed by atoms with Gasteiger partial charge < -0.3 is 5.32 Å². The van der Waals surface area contributed by atoms with Gasteiger partial charge in [-0.05, 0) is 53.6 Å². The van der Waals surface area contributed by atoms with Crippen molar-refractivity contribution in [1.82, 2.24) is 5.32 Å². The molecule has 22 heavy (non-hydrogen) atoms. The molecule has 1 heterocycles. The van der Waals surface area contributed by atoms with Crippen molar-refractivity contribution in [2.75, 3.05) is 12.8 Å². The predicted molar refractivity (Wildman–Crippen MR) is 93.3 cm³/mol. The third-order valence-corrected chi connectivity index (χ3v) is 4.74. The molecule has 0 unspecified atom stereocenters. The summed E-state index contributed by atoms with van der Waals surface area (Å²) in [7, 11) is 0. The van der Waals surface area contributed by atoms with E-state index in [4.69, 9.17) is 11.6 Å².